The number of hydrogen-bond acceptors (Lipinski definition) is 4. The molecule has 0 aromatic heterocycles. The summed E-state index contributed by atoms with van der Waals surface area (Å²) >= 11 is 0. The molecule has 5 heteroatoms. The van der Waals surface area contributed by atoms with E-state index < -0.39 is 10.1 Å². The first-order valence-corrected chi connectivity index (χ1v) is 4.71. The van der Waals surface area contributed by atoms with Gasteiger partial charge in [-0.25, -0.2) is 0 Å². The van der Waals surface area contributed by atoms with Crippen molar-refractivity contribution >= 4 is 15.9 Å². The summed E-state index contributed by atoms with van der Waals surface area (Å²) in [6.45, 7) is 2.72. The molecule has 0 rings (SSSR count). The molecule has 0 aromatic rings. The van der Waals surface area contributed by atoms with E-state index in [1.54, 1.807) is 0 Å². The summed E-state index contributed by atoms with van der Waals surface area (Å²) < 4.78 is 25.3. The number of rotatable bonds is 3. The first kappa shape index (κ1) is 10.2. The molecule has 4 nitrogen and oxygen atoms in total. The molecule has 0 saturated carbocycles. The molecule has 64 valence electrons. The van der Waals surface area contributed by atoms with Gasteiger partial charge in [-0.15, -0.1) is 0 Å². The van der Waals surface area contributed by atoms with Crippen molar-refractivity contribution in [3.05, 3.63) is 11.8 Å². The Labute approximate surface area is 66.0 Å². The largest absolute Gasteiger partial charge is 0.387 e. The number of carbonyl (C=O) groups excluding carboxylic acids is 1. The molecule has 0 unspecified atom stereocenters. The van der Waals surface area contributed by atoms with Crippen LogP contribution in [0.2, 0.25) is 0 Å². The van der Waals surface area contributed by atoms with Crippen molar-refractivity contribution in [3.63, 3.8) is 0 Å². The fraction of sp³-hybridized carbons (Fsp3) is 0.500. The maximum atomic E-state index is 10.4. The quantitative estimate of drug-likeness (QED) is 0.358. The van der Waals surface area contributed by atoms with E-state index in [2.05, 4.69) is 4.18 Å². The molecule has 0 bridgehead atoms. The summed E-state index contributed by atoms with van der Waals surface area (Å²) in [7, 11) is -3.49. The van der Waals surface area contributed by atoms with Crippen molar-refractivity contribution in [1.82, 2.24) is 0 Å². The highest BCUT2D eigenvalue weighted by molar-refractivity contribution is 7.86. The van der Waals surface area contributed by atoms with Gasteiger partial charge < -0.3 is 4.18 Å². The minimum absolute atomic E-state index is 0.0833. The third-order valence-corrected chi connectivity index (χ3v) is 1.25. The van der Waals surface area contributed by atoms with Gasteiger partial charge in [0.1, 0.15) is 5.76 Å². The maximum Gasteiger partial charge on any atom is 0.305 e. The van der Waals surface area contributed by atoms with E-state index in [9.17, 15) is 13.2 Å². The van der Waals surface area contributed by atoms with Gasteiger partial charge in [0.2, 0.25) is 0 Å². The van der Waals surface area contributed by atoms with E-state index in [4.69, 9.17) is 0 Å². The van der Waals surface area contributed by atoms with Gasteiger partial charge >= 0.3 is 10.1 Å². The summed E-state index contributed by atoms with van der Waals surface area (Å²) in [6, 6.07) is 0. The van der Waals surface area contributed by atoms with Gasteiger partial charge in [-0.1, -0.05) is 0 Å². The lowest BCUT2D eigenvalue weighted by atomic mass is 10.4. The summed E-state index contributed by atoms with van der Waals surface area (Å²) in [5, 5.41) is 0. The normalized spacial score (nSPS) is 12.8. The van der Waals surface area contributed by atoms with Crippen molar-refractivity contribution in [2.75, 3.05) is 6.26 Å². The third-order valence-electron chi connectivity index (χ3n) is 0.689. The van der Waals surface area contributed by atoms with Gasteiger partial charge in [0.25, 0.3) is 0 Å². The number of ketones is 1. The zero-order chi connectivity index (χ0) is 9.07. The Kier molecular flexibility index (Phi) is 3.25. The van der Waals surface area contributed by atoms with Gasteiger partial charge in [0, 0.05) is 6.08 Å². The molecule has 11 heavy (non-hydrogen) atoms. The molecule has 0 N–H and O–H groups in total. The van der Waals surface area contributed by atoms with Crippen LogP contribution in [-0.4, -0.2) is 20.5 Å². The predicted molar refractivity (Wildman–Crippen MR) is 40.4 cm³/mol. The molecule has 0 heterocycles. The van der Waals surface area contributed by atoms with E-state index in [1.165, 1.54) is 13.8 Å². The van der Waals surface area contributed by atoms with Crippen LogP contribution >= 0.6 is 0 Å². The Balaban J connectivity index is 4.31. The van der Waals surface area contributed by atoms with E-state index >= 15 is 0 Å². The highest BCUT2D eigenvalue weighted by Gasteiger charge is 2.02. The van der Waals surface area contributed by atoms with Crippen LogP contribution in [0.25, 0.3) is 0 Å². The molecule has 0 spiro atoms. The Morgan fingerprint density at radius 3 is 2.09 bits per heavy atom. The summed E-state index contributed by atoms with van der Waals surface area (Å²) in [6.07, 6.45) is 2.03. The van der Waals surface area contributed by atoms with Crippen LogP contribution in [0.3, 0.4) is 0 Å². The fourth-order valence-corrected chi connectivity index (χ4v) is 1.07. The average molecular weight is 178 g/mol. The smallest absolute Gasteiger partial charge is 0.305 e. The van der Waals surface area contributed by atoms with Crippen molar-refractivity contribution in [3.8, 4) is 0 Å². The molecule has 0 amide bonds. The molecule has 0 aliphatic carbocycles. The predicted octanol–water partition coefficient (Wildman–Crippen LogP) is 0.455. The van der Waals surface area contributed by atoms with E-state index in [1.807, 2.05) is 0 Å². The van der Waals surface area contributed by atoms with Crippen LogP contribution in [0.1, 0.15) is 13.8 Å². The standard InChI is InChI=1S/C6H10O4S/c1-5(7)4-6(2)10-11(3,8)9/h4H,1-3H3. The van der Waals surface area contributed by atoms with Gasteiger partial charge in [-0.3, -0.25) is 4.79 Å². The summed E-state index contributed by atoms with van der Waals surface area (Å²) in [4.78, 5) is 10.4. The molecule has 0 aliphatic heterocycles. The summed E-state index contributed by atoms with van der Waals surface area (Å²) in [5.41, 5.74) is 0. The fourth-order valence-electron chi connectivity index (χ4n) is 0.549. The molecular formula is C6H10O4S. The van der Waals surface area contributed by atoms with Crippen molar-refractivity contribution in [2.45, 2.75) is 13.8 Å². The van der Waals surface area contributed by atoms with Gasteiger partial charge in [0.05, 0.1) is 6.26 Å². The molecular weight excluding hydrogens is 168 g/mol. The highest BCUT2D eigenvalue weighted by Crippen LogP contribution is 2.00. The van der Waals surface area contributed by atoms with Crippen LogP contribution in [0, 0.1) is 0 Å². The molecule has 0 aliphatic rings. The SMILES string of the molecule is CC(=O)C=C(C)OS(C)(=O)=O. The lowest BCUT2D eigenvalue weighted by Crippen LogP contribution is -2.01. The number of hydrogen-bond donors (Lipinski definition) is 0. The molecule has 0 radical (unpaired) electrons. The van der Waals surface area contributed by atoms with Gasteiger partial charge in [-0.2, -0.15) is 8.42 Å². The van der Waals surface area contributed by atoms with Crippen molar-refractivity contribution in [2.24, 2.45) is 0 Å². The molecule has 0 aromatic carbocycles. The van der Waals surface area contributed by atoms with E-state index in [0.717, 1.165) is 12.3 Å². The van der Waals surface area contributed by atoms with Crippen LogP contribution < -0.4 is 0 Å². The minimum atomic E-state index is -3.49. The average Bonchev–Trinajstić information content (AvgIpc) is 1.53. The molecule has 0 fully saturated rings. The molecule has 0 atom stereocenters. The van der Waals surface area contributed by atoms with Crippen LogP contribution in [0.15, 0.2) is 11.8 Å². The monoisotopic (exact) mass is 178 g/mol. The Bertz CT molecular complexity index is 273. The van der Waals surface area contributed by atoms with Crippen LogP contribution in [0.5, 0.6) is 0 Å². The second-order valence-electron chi connectivity index (χ2n) is 2.15. The maximum absolute atomic E-state index is 10.4. The Morgan fingerprint density at radius 2 is 1.82 bits per heavy atom. The van der Waals surface area contributed by atoms with E-state index in [-0.39, 0.29) is 11.5 Å². The number of carbonyl (C=O) groups is 1. The van der Waals surface area contributed by atoms with Crippen LogP contribution in [0.4, 0.5) is 0 Å². The van der Waals surface area contributed by atoms with Gasteiger partial charge in [0.15, 0.2) is 5.78 Å². The minimum Gasteiger partial charge on any atom is -0.387 e. The summed E-state index contributed by atoms with van der Waals surface area (Å²) in [5.74, 6) is -0.161. The third kappa shape index (κ3) is 7.05. The lowest BCUT2D eigenvalue weighted by molar-refractivity contribution is -0.112. The first-order valence-electron chi connectivity index (χ1n) is 2.89. The van der Waals surface area contributed by atoms with Crippen molar-refractivity contribution < 1.29 is 17.4 Å². The Morgan fingerprint density at radius 1 is 1.36 bits per heavy atom. The second-order valence-corrected chi connectivity index (χ2v) is 3.73. The zero-order valence-electron chi connectivity index (χ0n) is 6.62. The second kappa shape index (κ2) is 3.52. The highest BCUT2D eigenvalue weighted by atomic mass is 32.2. The number of allylic oxidation sites excluding steroid dienone is 2. The lowest BCUT2D eigenvalue weighted by Gasteiger charge is -1.99. The Hall–Kier alpha value is -0.840. The van der Waals surface area contributed by atoms with Gasteiger partial charge in [-0.05, 0) is 13.8 Å². The van der Waals surface area contributed by atoms with E-state index in [0.29, 0.717) is 0 Å². The first-order chi connectivity index (χ1) is 4.81. The zero-order valence-corrected chi connectivity index (χ0v) is 7.44. The topological polar surface area (TPSA) is 60.4 Å². The van der Waals surface area contributed by atoms with Crippen molar-refractivity contribution in [1.29, 1.82) is 0 Å². The van der Waals surface area contributed by atoms with Crippen LogP contribution in [-0.2, 0) is 19.1 Å². The molecule has 0 saturated heterocycles.